The predicted molar refractivity (Wildman–Crippen MR) is 80.5 cm³/mol. The summed E-state index contributed by atoms with van der Waals surface area (Å²) in [5.74, 6) is -0.561. The van der Waals surface area contributed by atoms with E-state index in [9.17, 15) is 9.59 Å². The number of carbonyl (C=O) groups is 2. The molecule has 0 aliphatic rings. The molecule has 108 valence electrons. The number of hydrogen-bond acceptors (Lipinski definition) is 3. The van der Waals surface area contributed by atoms with Crippen LogP contribution in [0.5, 0.6) is 0 Å². The van der Waals surface area contributed by atoms with E-state index in [0.29, 0.717) is 5.69 Å². The zero-order valence-electron chi connectivity index (χ0n) is 11.9. The summed E-state index contributed by atoms with van der Waals surface area (Å²) in [4.78, 5) is 28.9. The summed E-state index contributed by atoms with van der Waals surface area (Å²) >= 11 is 0. The summed E-state index contributed by atoms with van der Waals surface area (Å²) in [6, 6.07) is 18.6. The average molecular weight is 283 g/mol. The maximum absolute atomic E-state index is 12.2. The molecule has 4 nitrogen and oxygen atoms in total. The molecule has 0 N–H and O–H groups in total. The molecule has 0 radical (unpaired) electrons. The van der Waals surface area contributed by atoms with Gasteiger partial charge in [0.1, 0.15) is 12.4 Å². The van der Waals surface area contributed by atoms with Crippen molar-refractivity contribution in [3.8, 4) is 0 Å². The summed E-state index contributed by atoms with van der Waals surface area (Å²) in [5.41, 5.74) is 1.56. The summed E-state index contributed by atoms with van der Waals surface area (Å²) in [6.07, 6.45) is -0.177. The highest BCUT2D eigenvalue weighted by atomic mass is 16.7. The van der Waals surface area contributed by atoms with Crippen LogP contribution in [0.3, 0.4) is 0 Å². The van der Waals surface area contributed by atoms with Crippen molar-refractivity contribution in [2.24, 2.45) is 0 Å². The van der Waals surface area contributed by atoms with Gasteiger partial charge in [0, 0.05) is 0 Å². The van der Waals surface area contributed by atoms with Gasteiger partial charge in [-0.05, 0) is 24.6 Å². The highest BCUT2D eigenvalue weighted by Gasteiger charge is 2.18. The fourth-order valence-electron chi connectivity index (χ4n) is 1.85. The van der Waals surface area contributed by atoms with Crippen LogP contribution in [0.25, 0.3) is 0 Å². The van der Waals surface area contributed by atoms with Crippen LogP contribution in [0.1, 0.15) is 18.9 Å². The molecule has 21 heavy (non-hydrogen) atoms. The van der Waals surface area contributed by atoms with Gasteiger partial charge in [-0.2, -0.15) is 5.06 Å². The van der Waals surface area contributed by atoms with Gasteiger partial charge in [0.25, 0.3) is 5.91 Å². The molecule has 0 saturated heterocycles. The van der Waals surface area contributed by atoms with Gasteiger partial charge >= 0.3 is 0 Å². The second-order valence-electron chi connectivity index (χ2n) is 4.66. The van der Waals surface area contributed by atoms with Crippen LogP contribution in [0.4, 0.5) is 5.69 Å². The van der Waals surface area contributed by atoms with Crippen LogP contribution in [0.2, 0.25) is 0 Å². The number of para-hydroxylation sites is 1. The first kappa shape index (κ1) is 14.9. The number of benzene rings is 2. The maximum atomic E-state index is 12.2. The van der Waals surface area contributed by atoms with E-state index in [1.807, 2.05) is 48.5 Å². The Kier molecular flexibility index (Phi) is 5.23. The van der Waals surface area contributed by atoms with Crippen LogP contribution in [-0.2, 0) is 21.0 Å². The van der Waals surface area contributed by atoms with Crippen LogP contribution in [0, 0.1) is 0 Å². The normalized spacial score (nSPS) is 10.1. The molecule has 0 bridgehead atoms. The SMILES string of the molecule is CC(=O)CC(=O)N(OCc1ccccc1)c1ccccc1. The summed E-state index contributed by atoms with van der Waals surface area (Å²) < 4.78 is 0. The van der Waals surface area contributed by atoms with Crippen molar-refractivity contribution in [2.45, 2.75) is 20.0 Å². The Balaban J connectivity index is 2.12. The van der Waals surface area contributed by atoms with E-state index in [-0.39, 0.29) is 24.7 Å². The van der Waals surface area contributed by atoms with Gasteiger partial charge in [-0.25, -0.2) is 0 Å². The molecule has 0 saturated carbocycles. The molecular weight excluding hydrogens is 266 g/mol. The molecule has 0 aliphatic heterocycles. The van der Waals surface area contributed by atoms with E-state index in [2.05, 4.69) is 0 Å². The first-order valence-electron chi connectivity index (χ1n) is 6.71. The second-order valence-corrected chi connectivity index (χ2v) is 4.66. The minimum atomic E-state index is -0.371. The maximum Gasteiger partial charge on any atom is 0.258 e. The van der Waals surface area contributed by atoms with Crippen molar-refractivity contribution in [1.29, 1.82) is 0 Å². The molecule has 0 aromatic heterocycles. The number of Topliss-reactive ketones (excluding diaryl/α,β-unsaturated/α-hetero) is 1. The standard InChI is InChI=1S/C17H17NO3/c1-14(19)12-17(20)18(16-10-6-3-7-11-16)21-13-15-8-4-2-5-9-15/h2-11H,12-13H2,1H3. The molecule has 2 aromatic carbocycles. The number of nitrogens with zero attached hydrogens (tertiary/aromatic N) is 1. The summed E-state index contributed by atoms with van der Waals surface area (Å²) in [6.45, 7) is 1.65. The van der Waals surface area contributed by atoms with Crippen molar-refractivity contribution >= 4 is 17.4 Å². The molecule has 4 heteroatoms. The molecule has 0 unspecified atom stereocenters. The van der Waals surface area contributed by atoms with Gasteiger partial charge in [0.05, 0.1) is 12.1 Å². The first-order valence-corrected chi connectivity index (χ1v) is 6.71. The average Bonchev–Trinajstić information content (AvgIpc) is 2.49. The van der Waals surface area contributed by atoms with Crippen LogP contribution in [0.15, 0.2) is 60.7 Å². The van der Waals surface area contributed by atoms with Crippen molar-refractivity contribution in [1.82, 2.24) is 0 Å². The largest absolute Gasteiger partial charge is 0.299 e. The van der Waals surface area contributed by atoms with E-state index < -0.39 is 0 Å². The highest BCUT2D eigenvalue weighted by Crippen LogP contribution is 2.16. The number of amides is 1. The lowest BCUT2D eigenvalue weighted by atomic mass is 10.2. The van der Waals surface area contributed by atoms with Gasteiger partial charge < -0.3 is 0 Å². The molecule has 0 heterocycles. The Hall–Kier alpha value is -2.46. The molecule has 0 atom stereocenters. The third-order valence-corrected chi connectivity index (χ3v) is 2.82. The smallest absolute Gasteiger partial charge is 0.258 e. The van der Waals surface area contributed by atoms with Gasteiger partial charge in [-0.3, -0.25) is 14.4 Å². The fourth-order valence-corrected chi connectivity index (χ4v) is 1.85. The van der Waals surface area contributed by atoms with Gasteiger partial charge in [0.2, 0.25) is 0 Å². The lowest BCUT2D eigenvalue weighted by Crippen LogP contribution is -2.32. The van der Waals surface area contributed by atoms with Crippen LogP contribution >= 0.6 is 0 Å². The number of hydroxylamine groups is 1. The molecule has 0 aliphatic carbocycles. The zero-order valence-corrected chi connectivity index (χ0v) is 11.9. The van der Waals surface area contributed by atoms with Crippen molar-refractivity contribution in [3.05, 3.63) is 66.2 Å². The second kappa shape index (κ2) is 7.36. The Morgan fingerprint density at radius 1 is 0.952 bits per heavy atom. The Labute approximate surface area is 123 Å². The predicted octanol–water partition coefficient (Wildman–Crippen LogP) is 3.13. The topological polar surface area (TPSA) is 46.6 Å². The minimum absolute atomic E-state index is 0.177. The van der Waals surface area contributed by atoms with E-state index in [1.165, 1.54) is 12.0 Å². The van der Waals surface area contributed by atoms with E-state index in [4.69, 9.17) is 4.84 Å². The summed E-state index contributed by atoms with van der Waals surface area (Å²) in [5, 5.41) is 1.19. The van der Waals surface area contributed by atoms with Crippen LogP contribution < -0.4 is 5.06 Å². The van der Waals surface area contributed by atoms with Crippen LogP contribution in [-0.4, -0.2) is 11.7 Å². The van der Waals surface area contributed by atoms with E-state index in [0.717, 1.165) is 5.56 Å². The lowest BCUT2D eigenvalue weighted by molar-refractivity contribution is -0.131. The Bertz CT molecular complexity index is 596. The van der Waals surface area contributed by atoms with Crippen molar-refractivity contribution in [2.75, 3.05) is 5.06 Å². The number of rotatable bonds is 6. The van der Waals surface area contributed by atoms with Crippen molar-refractivity contribution < 1.29 is 14.4 Å². The quantitative estimate of drug-likeness (QED) is 0.604. The number of hydrogen-bond donors (Lipinski definition) is 0. The first-order chi connectivity index (χ1) is 10.2. The molecule has 2 rings (SSSR count). The monoisotopic (exact) mass is 283 g/mol. The third kappa shape index (κ3) is 4.54. The number of anilines is 1. The summed E-state index contributed by atoms with van der Waals surface area (Å²) in [7, 11) is 0. The lowest BCUT2D eigenvalue weighted by Gasteiger charge is -2.21. The molecule has 1 amide bonds. The fraction of sp³-hybridized carbons (Fsp3) is 0.176. The number of carbonyl (C=O) groups excluding carboxylic acids is 2. The van der Waals surface area contributed by atoms with Gasteiger partial charge in [-0.1, -0.05) is 48.5 Å². The van der Waals surface area contributed by atoms with E-state index in [1.54, 1.807) is 12.1 Å². The molecular formula is C17H17NO3. The van der Waals surface area contributed by atoms with Gasteiger partial charge in [-0.15, -0.1) is 0 Å². The minimum Gasteiger partial charge on any atom is -0.299 e. The molecule has 0 spiro atoms. The third-order valence-electron chi connectivity index (χ3n) is 2.82. The van der Waals surface area contributed by atoms with E-state index >= 15 is 0 Å². The Morgan fingerprint density at radius 2 is 1.52 bits per heavy atom. The zero-order chi connectivity index (χ0) is 15.1. The molecule has 2 aromatic rings. The number of ketones is 1. The molecule has 0 fully saturated rings. The van der Waals surface area contributed by atoms with Gasteiger partial charge in [0.15, 0.2) is 0 Å². The Morgan fingerprint density at radius 3 is 2.10 bits per heavy atom. The highest BCUT2D eigenvalue weighted by molar-refractivity contribution is 6.03. The van der Waals surface area contributed by atoms with Crippen molar-refractivity contribution in [3.63, 3.8) is 0 Å².